The van der Waals surface area contributed by atoms with Crippen molar-refractivity contribution >= 4 is 11.6 Å². The van der Waals surface area contributed by atoms with E-state index in [1.165, 1.54) is 4.90 Å². The highest BCUT2D eigenvalue weighted by molar-refractivity contribution is 6.09. The summed E-state index contributed by atoms with van der Waals surface area (Å²) in [7, 11) is 1.55. The fraction of sp³-hybridized carbons (Fsp3) is 0.500. The molecule has 7 nitrogen and oxygen atoms in total. The Balaban J connectivity index is 1.96. The van der Waals surface area contributed by atoms with Crippen LogP contribution in [0.3, 0.4) is 0 Å². The van der Waals surface area contributed by atoms with Gasteiger partial charge in [0.05, 0.1) is 13.7 Å². The second-order valence-electron chi connectivity index (χ2n) is 6.69. The number of carbonyl (C=O) groups is 1. The second kappa shape index (κ2) is 6.10. The van der Waals surface area contributed by atoms with E-state index in [0.717, 1.165) is 6.08 Å². The van der Waals surface area contributed by atoms with Crippen LogP contribution in [0.5, 0.6) is 5.75 Å². The maximum atomic E-state index is 12.7. The lowest BCUT2D eigenvalue weighted by Gasteiger charge is -2.55. The van der Waals surface area contributed by atoms with Crippen molar-refractivity contribution in [1.82, 2.24) is 0 Å². The average molecular weight is 349 g/mol. The summed E-state index contributed by atoms with van der Waals surface area (Å²) >= 11 is 0. The van der Waals surface area contributed by atoms with Gasteiger partial charge in [-0.1, -0.05) is 6.08 Å². The van der Waals surface area contributed by atoms with Crippen LogP contribution in [-0.4, -0.2) is 59.5 Å². The van der Waals surface area contributed by atoms with E-state index in [2.05, 4.69) is 6.58 Å². The molecule has 0 aliphatic carbocycles. The van der Waals surface area contributed by atoms with Gasteiger partial charge >= 0.3 is 0 Å². The number of aliphatic hydroxyl groups is 2. The smallest absolute Gasteiger partial charge is 0.264 e. The summed E-state index contributed by atoms with van der Waals surface area (Å²) in [4.78, 5) is 14.1. The van der Waals surface area contributed by atoms with Crippen molar-refractivity contribution in [2.75, 3.05) is 18.6 Å². The van der Waals surface area contributed by atoms with E-state index in [1.54, 1.807) is 45.2 Å². The molecule has 7 heteroatoms. The van der Waals surface area contributed by atoms with Gasteiger partial charge in [-0.25, -0.2) is 0 Å². The molecule has 2 heterocycles. The molecule has 0 radical (unpaired) electrons. The quantitative estimate of drug-likeness (QED) is 0.605. The van der Waals surface area contributed by atoms with E-state index < -0.39 is 35.5 Å². The molecule has 0 saturated carbocycles. The molecule has 1 aromatic carbocycles. The number of methoxy groups -OCH3 is 1. The van der Waals surface area contributed by atoms with Gasteiger partial charge in [0.25, 0.3) is 5.91 Å². The summed E-state index contributed by atoms with van der Waals surface area (Å²) in [6.07, 6.45) is -0.849. The Labute approximate surface area is 146 Å². The number of hydrogen-bond acceptors (Lipinski definition) is 6. The Morgan fingerprint density at radius 2 is 2.04 bits per heavy atom. The minimum atomic E-state index is -2.00. The Bertz CT molecular complexity index is 673. The number of ether oxygens (including phenoxy) is 3. The minimum absolute atomic E-state index is 0.198. The van der Waals surface area contributed by atoms with Gasteiger partial charge in [0.15, 0.2) is 11.4 Å². The number of benzene rings is 1. The van der Waals surface area contributed by atoms with E-state index in [9.17, 15) is 15.0 Å². The third-order valence-corrected chi connectivity index (χ3v) is 4.70. The first kappa shape index (κ1) is 17.9. The van der Waals surface area contributed by atoms with Crippen molar-refractivity contribution < 1.29 is 29.2 Å². The molecule has 2 fully saturated rings. The van der Waals surface area contributed by atoms with Gasteiger partial charge in [0.2, 0.25) is 0 Å². The van der Waals surface area contributed by atoms with Crippen LogP contribution in [0.2, 0.25) is 0 Å². The number of anilines is 1. The largest absolute Gasteiger partial charge is 0.497 e. The van der Waals surface area contributed by atoms with Gasteiger partial charge in [-0.15, -0.1) is 6.58 Å². The summed E-state index contributed by atoms with van der Waals surface area (Å²) in [5.41, 5.74) is -1.43. The van der Waals surface area contributed by atoms with Crippen molar-refractivity contribution in [1.29, 1.82) is 0 Å². The van der Waals surface area contributed by atoms with Crippen LogP contribution in [0.25, 0.3) is 0 Å². The topological polar surface area (TPSA) is 88.5 Å². The van der Waals surface area contributed by atoms with E-state index in [4.69, 9.17) is 14.2 Å². The zero-order valence-corrected chi connectivity index (χ0v) is 14.5. The first-order valence-electron chi connectivity index (χ1n) is 8.07. The van der Waals surface area contributed by atoms with Crippen LogP contribution in [0.1, 0.15) is 13.8 Å². The number of amides is 1. The molecule has 2 aliphatic rings. The van der Waals surface area contributed by atoms with Crippen molar-refractivity contribution in [3.63, 3.8) is 0 Å². The molecule has 2 saturated heterocycles. The molecular formula is C18H23NO6. The van der Waals surface area contributed by atoms with Gasteiger partial charge in [0, 0.05) is 5.69 Å². The SMILES string of the molecule is C=C[C@H](O)[C@]1(O)C(=O)N(c2ccc(OC)cc2)[C@H]1[C@H]1COC(C)(C)O1. The van der Waals surface area contributed by atoms with Crippen LogP contribution in [0, 0.1) is 0 Å². The third kappa shape index (κ3) is 2.73. The zero-order valence-electron chi connectivity index (χ0n) is 14.5. The van der Waals surface area contributed by atoms with E-state index >= 15 is 0 Å². The first-order chi connectivity index (χ1) is 11.7. The Morgan fingerprint density at radius 3 is 2.52 bits per heavy atom. The van der Waals surface area contributed by atoms with Crippen LogP contribution < -0.4 is 9.64 Å². The number of β-lactam (4-membered cyclic amide) rings is 1. The monoisotopic (exact) mass is 349 g/mol. The number of carbonyl (C=O) groups excluding carboxylic acids is 1. The molecular weight excluding hydrogens is 326 g/mol. The minimum Gasteiger partial charge on any atom is -0.497 e. The summed E-state index contributed by atoms with van der Waals surface area (Å²) in [6.45, 7) is 7.20. The van der Waals surface area contributed by atoms with Crippen molar-refractivity contribution in [3.05, 3.63) is 36.9 Å². The van der Waals surface area contributed by atoms with E-state index in [0.29, 0.717) is 11.4 Å². The predicted octanol–water partition coefficient (Wildman–Crippen LogP) is 0.840. The molecule has 0 aromatic heterocycles. The predicted molar refractivity (Wildman–Crippen MR) is 90.3 cm³/mol. The molecule has 25 heavy (non-hydrogen) atoms. The molecule has 2 N–H and O–H groups in total. The van der Waals surface area contributed by atoms with Gasteiger partial charge < -0.3 is 29.3 Å². The van der Waals surface area contributed by atoms with Crippen molar-refractivity contribution in [3.8, 4) is 5.75 Å². The summed E-state index contributed by atoms with van der Waals surface area (Å²) in [5, 5.41) is 21.1. The highest BCUT2D eigenvalue weighted by Gasteiger charge is 2.67. The second-order valence-corrected chi connectivity index (χ2v) is 6.69. The average Bonchev–Trinajstić information content (AvgIpc) is 2.96. The maximum Gasteiger partial charge on any atom is 0.264 e. The summed E-state index contributed by atoms with van der Waals surface area (Å²) < 4.78 is 16.5. The maximum absolute atomic E-state index is 12.7. The lowest BCUT2D eigenvalue weighted by molar-refractivity contribution is -0.187. The molecule has 4 atom stereocenters. The summed E-state index contributed by atoms with van der Waals surface area (Å²) in [6, 6.07) is 6.06. The normalized spacial score (nSPS) is 32.2. The van der Waals surface area contributed by atoms with Crippen molar-refractivity contribution in [2.45, 2.75) is 43.5 Å². The van der Waals surface area contributed by atoms with Gasteiger partial charge in [-0.05, 0) is 38.1 Å². The molecule has 2 aliphatic heterocycles. The molecule has 0 bridgehead atoms. The zero-order chi connectivity index (χ0) is 18.4. The highest BCUT2D eigenvalue weighted by atomic mass is 16.7. The third-order valence-electron chi connectivity index (χ3n) is 4.70. The van der Waals surface area contributed by atoms with Gasteiger partial charge in [-0.3, -0.25) is 4.79 Å². The molecule has 0 unspecified atom stereocenters. The standard InChI is InChI=1S/C18H23NO6/c1-5-14(20)18(22)15(13-10-24-17(2,3)25-13)19(16(18)21)11-6-8-12(23-4)9-7-11/h5-9,13-15,20,22H,1,10H2,2-4H3/t13-,14+,15+,18-/m1/s1. The van der Waals surface area contributed by atoms with Crippen molar-refractivity contribution in [2.24, 2.45) is 0 Å². The molecule has 0 spiro atoms. The molecule has 136 valence electrons. The number of hydrogen-bond donors (Lipinski definition) is 2. The Kier molecular flexibility index (Phi) is 4.36. The van der Waals surface area contributed by atoms with Crippen LogP contribution in [0.4, 0.5) is 5.69 Å². The van der Waals surface area contributed by atoms with Gasteiger partial charge in [0.1, 0.15) is 24.0 Å². The van der Waals surface area contributed by atoms with E-state index in [-0.39, 0.29) is 6.61 Å². The van der Waals surface area contributed by atoms with E-state index in [1.807, 2.05) is 0 Å². The fourth-order valence-corrected chi connectivity index (χ4v) is 3.40. The first-order valence-corrected chi connectivity index (χ1v) is 8.07. The number of rotatable bonds is 5. The number of aliphatic hydroxyl groups excluding tert-OH is 1. The fourth-order valence-electron chi connectivity index (χ4n) is 3.40. The number of nitrogens with zero attached hydrogens (tertiary/aromatic N) is 1. The highest BCUT2D eigenvalue weighted by Crippen LogP contribution is 2.43. The molecule has 1 amide bonds. The van der Waals surface area contributed by atoms with Crippen LogP contribution in [-0.2, 0) is 14.3 Å². The Morgan fingerprint density at radius 1 is 1.40 bits per heavy atom. The summed E-state index contributed by atoms with van der Waals surface area (Å²) in [5.74, 6) is -0.783. The van der Waals surface area contributed by atoms with Gasteiger partial charge in [-0.2, -0.15) is 0 Å². The van der Waals surface area contributed by atoms with Crippen LogP contribution in [0.15, 0.2) is 36.9 Å². The lowest BCUT2D eigenvalue weighted by Crippen LogP contribution is -2.81. The Hall–Kier alpha value is -1.93. The lowest BCUT2D eigenvalue weighted by atomic mass is 9.74. The molecule has 1 aromatic rings. The molecule has 3 rings (SSSR count). The van der Waals surface area contributed by atoms with Crippen LogP contribution >= 0.6 is 0 Å².